The minimum Gasteiger partial charge on any atom is -0.512 e. The fourth-order valence-corrected chi connectivity index (χ4v) is 4.17. The van der Waals surface area contributed by atoms with Gasteiger partial charge in [0, 0.05) is 68.4 Å². The zero-order valence-corrected chi connectivity index (χ0v) is 25.5. The van der Waals surface area contributed by atoms with Gasteiger partial charge in [-0.2, -0.15) is 4.99 Å². The Hall–Kier alpha value is -4.00. The summed E-state index contributed by atoms with van der Waals surface area (Å²) in [5.41, 5.74) is 15.1. The molecule has 2 aromatic heterocycles. The molecule has 0 atom stereocenters. The Balaban J connectivity index is 1.71. The lowest BCUT2D eigenvalue weighted by Gasteiger charge is -2.36. The molecule has 0 spiro atoms. The zero-order chi connectivity index (χ0) is 31.0. The van der Waals surface area contributed by atoms with E-state index in [4.69, 9.17) is 22.0 Å². The molecule has 12 nitrogen and oxygen atoms in total. The monoisotopic (exact) mass is 579 g/mol. The number of aliphatic hydroxyl groups excluding tert-OH is 1. The number of pyridine rings is 2. The SMILES string of the molecule is Cc1ncc(C(=O)N=C(N)/C=C(\O)C(C)(C)C)cc1N(N)/C=C(\N)c1cncc(N2CCN(CCOC(C)C)CC2)c1. The lowest BCUT2D eigenvalue weighted by atomic mass is 9.93. The average molecular weight is 580 g/mol. The number of piperazine rings is 1. The largest absolute Gasteiger partial charge is 0.512 e. The second-order valence-electron chi connectivity index (χ2n) is 11.6. The Labute approximate surface area is 248 Å². The van der Waals surface area contributed by atoms with Crippen molar-refractivity contribution < 1.29 is 14.6 Å². The van der Waals surface area contributed by atoms with Gasteiger partial charge in [-0.05, 0) is 32.9 Å². The van der Waals surface area contributed by atoms with Crippen LogP contribution in [0.5, 0.6) is 0 Å². The fourth-order valence-electron chi connectivity index (χ4n) is 4.17. The Morgan fingerprint density at radius 1 is 1.14 bits per heavy atom. The lowest BCUT2D eigenvalue weighted by Crippen LogP contribution is -2.47. The molecule has 42 heavy (non-hydrogen) atoms. The number of ether oxygens (including phenoxy) is 1. The summed E-state index contributed by atoms with van der Waals surface area (Å²) < 4.78 is 5.68. The minimum absolute atomic E-state index is 0.0148. The van der Waals surface area contributed by atoms with E-state index in [1.165, 1.54) is 17.3 Å². The van der Waals surface area contributed by atoms with Gasteiger partial charge in [-0.3, -0.25) is 24.7 Å². The van der Waals surface area contributed by atoms with Gasteiger partial charge in [0.15, 0.2) is 0 Å². The number of nitrogens with two attached hydrogens (primary N) is 3. The van der Waals surface area contributed by atoms with Crippen LogP contribution >= 0.6 is 0 Å². The maximum Gasteiger partial charge on any atom is 0.280 e. The van der Waals surface area contributed by atoms with Crippen molar-refractivity contribution in [1.29, 1.82) is 0 Å². The van der Waals surface area contributed by atoms with Crippen molar-refractivity contribution in [3.63, 3.8) is 0 Å². The second-order valence-corrected chi connectivity index (χ2v) is 11.6. The number of hydrazine groups is 1. The van der Waals surface area contributed by atoms with Crippen molar-refractivity contribution in [1.82, 2.24) is 14.9 Å². The summed E-state index contributed by atoms with van der Waals surface area (Å²) in [6, 6.07) is 3.56. The van der Waals surface area contributed by atoms with Crippen LogP contribution in [-0.4, -0.2) is 77.2 Å². The number of hydrogen-bond acceptors (Lipinski definition) is 10. The highest BCUT2D eigenvalue weighted by atomic mass is 16.5. The van der Waals surface area contributed by atoms with Crippen LogP contribution in [0, 0.1) is 12.3 Å². The van der Waals surface area contributed by atoms with E-state index in [0.29, 0.717) is 17.1 Å². The van der Waals surface area contributed by atoms with Gasteiger partial charge in [0.25, 0.3) is 5.91 Å². The van der Waals surface area contributed by atoms with Crippen LogP contribution in [0.1, 0.15) is 56.2 Å². The van der Waals surface area contributed by atoms with Crippen molar-refractivity contribution in [3.8, 4) is 0 Å². The molecule has 0 aromatic carbocycles. The number of nitrogens with zero attached hydrogens (tertiary/aromatic N) is 6. The molecule has 0 saturated carbocycles. The number of rotatable bonds is 10. The van der Waals surface area contributed by atoms with Gasteiger partial charge in [0.05, 0.1) is 47.2 Å². The van der Waals surface area contributed by atoms with Crippen LogP contribution < -0.4 is 27.2 Å². The van der Waals surface area contributed by atoms with Crippen LogP contribution in [0.4, 0.5) is 11.4 Å². The number of carbonyl (C=O) groups excluding carboxylic acids is 1. The third kappa shape index (κ3) is 9.26. The van der Waals surface area contributed by atoms with E-state index < -0.39 is 11.3 Å². The molecule has 0 aliphatic carbocycles. The van der Waals surface area contributed by atoms with Gasteiger partial charge in [0.2, 0.25) is 0 Å². The minimum atomic E-state index is -0.617. The standard InChI is InChI=1S/C30H45N9O3/c1-20(2)42-12-11-37-7-9-38(10-8-37)24-13-22(16-34-18-24)25(31)19-39(33)26-14-23(17-35-21(26)3)29(41)36-28(32)15-27(40)30(4,5)6/h13-20,40H,7-12,31,33H2,1-6H3,(H2,32,36,41)/b25-19-,27-15-. The molecule has 228 valence electrons. The van der Waals surface area contributed by atoms with E-state index in [9.17, 15) is 9.90 Å². The highest BCUT2D eigenvalue weighted by molar-refractivity contribution is 6.06. The molecule has 1 saturated heterocycles. The van der Waals surface area contributed by atoms with Gasteiger partial charge in [-0.1, -0.05) is 20.8 Å². The van der Waals surface area contributed by atoms with E-state index in [2.05, 4.69) is 24.8 Å². The zero-order valence-electron chi connectivity index (χ0n) is 25.5. The predicted octanol–water partition coefficient (Wildman–Crippen LogP) is 2.95. The van der Waals surface area contributed by atoms with Crippen molar-refractivity contribution in [3.05, 3.63) is 65.6 Å². The Morgan fingerprint density at radius 3 is 2.48 bits per heavy atom. The van der Waals surface area contributed by atoms with E-state index in [1.807, 2.05) is 46.9 Å². The number of amidine groups is 1. The van der Waals surface area contributed by atoms with E-state index in [-0.39, 0.29) is 23.3 Å². The first-order chi connectivity index (χ1) is 19.7. The molecule has 0 radical (unpaired) electrons. The van der Waals surface area contributed by atoms with Gasteiger partial charge in [-0.15, -0.1) is 0 Å². The lowest BCUT2D eigenvalue weighted by molar-refractivity contribution is 0.0579. The fraction of sp³-hybridized carbons (Fsp3) is 0.467. The number of aliphatic hydroxyl groups is 1. The molecule has 0 bridgehead atoms. The first-order valence-corrected chi connectivity index (χ1v) is 14.1. The molecule has 3 rings (SSSR count). The van der Waals surface area contributed by atoms with Gasteiger partial charge < -0.3 is 26.2 Å². The van der Waals surface area contributed by atoms with E-state index in [1.54, 1.807) is 25.4 Å². The average Bonchev–Trinajstić information content (AvgIpc) is 2.92. The molecule has 1 amide bonds. The quantitative estimate of drug-likeness (QED) is 0.107. The van der Waals surface area contributed by atoms with Gasteiger partial charge in [-0.25, -0.2) is 5.84 Å². The number of hydrogen-bond donors (Lipinski definition) is 4. The molecule has 3 heterocycles. The number of aryl methyl sites for hydroxylation is 1. The third-order valence-corrected chi connectivity index (χ3v) is 6.80. The number of carbonyl (C=O) groups is 1. The van der Waals surface area contributed by atoms with Crippen molar-refractivity contribution >= 4 is 28.8 Å². The predicted molar refractivity (Wildman–Crippen MR) is 168 cm³/mol. The summed E-state index contributed by atoms with van der Waals surface area (Å²) in [6.45, 7) is 16.6. The molecule has 7 N–H and O–H groups in total. The maximum atomic E-state index is 12.8. The second kappa shape index (κ2) is 14.3. The number of aliphatic imine (C=N–C) groups is 1. The van der Waals surface area contributed by atoms with Crippen LogP contribution in [-0.2, 0) is 4.74 Å². The summed E-state index contributed by atoms with van der Waals surface area (Å²) in [4.78, 5) is 30.0. The van der Waals surface area contributed by atoms with E-state index >= 15 is 0 Å². The van der Waals surface area contributed by atoms with E-state index in [0.717, 1.165) is 50.6 Å². The number of aromatic nitrogens is 2. The third-order valence-electron chi connectivity index (χ3n) is 6.80. The molecule has 1 fully saturated rings. The molecular formula is C30H45N9O3. The maximum absolute atomic E-state index is 12.8. The molecule has 1 aliphatic heterocycles. The van der Waals surface area contributed by atoms with Crippen LogP contribution in [0.2, 0.25) is 0 Å². The first kappa shape index (κ1) is 32.5. The molecular weight excluding hydrogens is 534 g/mol. The number of anilines is 2. The summed E-state index contributed by atoms with van der Waals surface area (Å²) in [7, 11) is 0. The Kier molecular flexibility index (Phi) is 11.0. The van der Waals surface area contributed by atoms with Crippen molar-refractivity contribution in [2.45, 2.75) is 47.6 Å². The van der Waals surface area contributed by atoms with Crippen molar-refractivity contribution in [2.75, 3.05) is 49.2 Å². The number of allylic oxidation sites excluding steroid dienone is 1. The van der Waals surface area contributed by atoms with Crippen LogP contribution in [0.15, 0.2) is 53.8 Å². The van der Waals surface area contributed by atoms with Gasteiger partial charge >= 0.3 is 0 Å². The van der Waals surface area contributed by atoms with Gasteiger partial charge in [0.1, 0.15) is 11.6 Å². The Morgan fingerprint density at radius 2 is 1.83 bits per heavy atom. The molecule has 0 unspecified atom stereocenters. The molecule has 12 heteroatoms. The highest BCUT2D eigenvalue weighted by Gasteiger charge is 2.19. The summed E-state index contributed by atoms with van der Waals surface area (Å²) in [6.07, 6.45) is 7.99. The summed E-state index contributed by atoms with van der Waals surface area (Å²) in [5.74, 6) is 5.63. The van der Waals surface area contributed by atoms with Crippen LogP contribution in [0.3, 0.4) is 0 Å². The topological polar surface area (TPSA) is 172 Å². The summed E-state index contributed by atoms with van der Waals surface area (Å²) >= 11 is 0. The molecule has 1 aliphatic rings. The first-order valence-electron chi connectivity index (χ1n) is 14.1. The Bertz CT molecular complexity index is 1320. The highest BCUT2D eigenvalue weighted by Crippen LogP contribution is 2.24. The smallest absolute Gasteiger partial charge is 0.280 e. The number of amides is 1. The molecule has 2 aromatic rings. The van der Waals surface area contributed by atoms with Crippen LogP contribution in [0.25, 0.3) is 5.70 Å². The van der Waals surface area contributed by atoms with Crippen molar-refractivity contribution in [2.24, 2.45) is 27.7 Å². The summed E-state index contributed by atoms with van der Waals surface area (Å²) in [5, 5.41) is 11.5. The normalized spacial score (nSPS) is 15.8.